The number of nitrogens with zero attached hydrogens (tertiary/aromatic N) is 2. The van der Waals surface area contributed by atoms with Gasteiger partial charge in [-0.05, 0) is 37.7 Å². The Morgan fingerprint density at radius 3 is 2.95 bits per heavy atom. The number of benzene rings is 1. The second-order valence-electron chi connectivity index (χ2n) is 4.98. The van der Waals surface area contributed by atoms with E-state index in [-0.39, 0.29) is 0 Å². The first-order valence-electron chi connectivity index (χ1n) is 6.92. The minimum Gasteiger partial charge on any atom is -0.461 e. The highest BCUT2D eigenvalue weighted by Gasteiger charge is 2.16. The Kier molecular flexibility index (Phi) is 4.24. The molecule has 0 amide bonds. The van der Waals surface area contributed by atoms with E-state index in [1.54, 1.807) is 0 Å². The lowest BCUT2D eigenvalue weighted by molar-refractivity contribution is 0.470. The number of hydrogen-bond acceptors (Lipinski definition) is 5. The molecule has 0 aliphatic heterocycles. The zero-order chi connectivity index (χ0) is 14.8. The maximum Gasteiger partial charge on any atom is 0.138 e. The fourth-order valence-electron chi connectivity index (χ4n) is 2.41. The third-order valence-electron chi connectivity index (χ3n) is 3.35. The Labute approximate surface area is 132 Å². The molecule has 3 rings (SSSR count). The molecular formula is C15H16ClN3OS. The Morgan fingerprint density at radius 2 is 2.14 bits per heavy atom. The van der Waals surface area contributed by atoms with Gasteiger partial charge < -0.3 is 9.73 Å². The minimum absolute atomic E-state index is 0.376. The van der Waals surface area contributed by atoms with Crippen molar-refractivity contribution in [2.75, 3.05) is 6.54 Å². The molecule has 0 fully saturated rings. The van der Waals surface area contributed by atoms with Crippen LogP contribution in [-0.4, -0.2) is 21.3 Å². The molecule has 0 bridgehead atoms. The van der Waals surface area contributed by atoms with Gasteiger partial charge in [-0.2, -0.15) is 8.75 Å². The topological polar surface area (TPSA) is 51.0 Å². The second kappa shape index (κ2) is 6.13. The summed E-state index contributed by atoms with van der Waals surface area (Å²) in [5.74, 6) is 1.69. The molecule has 1 aromatic carbocycles. The lowest BCUT2D eigenvalue weighted by Gasteiger charge is -2.09. The van der Waals surface area contributed by atoms with Gasteiger partial charge in [0, 0.05) is 12.5 Å². The van der Waals surface area contributed by atoms with Crippen LogP contribution in [0.25, 0.3) is 22.4 Å². The lowest BCUT2D eigenvalue weighted by atomic mass is 10.1. The van der Waals surface area contributed by atoms with Crippen LogP contribution in [0.1, 0.15) is 19.6 Å². The van der Waals surface area contributed by atoms with Crippen molar-refractivity contribution in [2.24, 2.45) is 0 Å². The Morgan fingerprint density at radius 1 is 1.29 bits per heavy atom. The summed E-state index contributed by atoms with van der Waals surface area (Å²) in [4.78, 5) is 0. The van der Waals surface area contributed by atoms with Gasteiger partial charge in [0.05, 0.1) is 22.3 Å². The number of furan rings is 1. The summed E-state index contributed by atoms with van der Waals surface area (Å²) < 4.78 is 14.5. The number of fused-ring (bicyclic) bond motifs is 1. The highest BCUT2D eigenvalue weighted by atomic mass is 35.5. The van der Waals surface area contributed by atoms with Gasteiger partial charge in [-0.15, -0.1) is 0 Å². The molecule has 1 unspecified atom stereocenters. The van der Waals surface area contributed by atoms with Crippen molar-refractivity contribution in [3.8, 4) is 11.3 Å². The minimum atomic E-state index is 0.376. The van der Waals surface area contributed by atoms with Crippen molar-refractivity contribution in [1.82, 2.24) is 14.1 Å². The molecule has 110 valence electrons. The van der Waals surface area contributed by atoms with Crippen LogP contribution in [0.2, 0.25) is 5.02 Å². The van der Waals surface area contributed by atoms with Crippen LogP contribution in [0.15, 0.2) is 28.7 Å². The van der Waals surface area contributed by atoms with Gasteiger partial charge in [-0.1, -0.05) is 18.5 Å². The second-order valence-corrected chi connectivity index (χ2v) is 5.92. The van der Waals surface area contributed by atoms with E-state index in [1.807, 2.05) is 24.3 Å². The molecule has 1 N–H and O–H groups in total. The van der Waals surface area contributed by atoms with Crippen LogP contribution in [0.5, 0.6) is 0 Å². The number of rotatable bonds is 5. The maximum atomic E-state index is 6.32. The van der Waals surface area contributed by atoms with Crippen LogP contribution in [-0.2, 0) is 6.42 Å². The van der Waals surface area contributed by atoms with Gasteiger partial charge in [0.2, 0.25) is 0 Å². The zero-order valence-electron chi connectivity index (χ0n) is 11.9. The highest BCUT2D eigenvalue weighted by Crippen LogP contribution is 2.35. The van der Waals surface area contributed by atoms with E-state index in [0.29, 0.717) is 11.1 Å². The molecule has 21 heavy (non-hydrogen) atoms. The summed E-state index contributed by atoms with van der Waals surface area (Å²) in [6.45, 7) is 5.19. The Balaban J connectivity index is 1.95. The molecule has 0 saturated carbocycles. The number of nitrogens with one attached hydrogen (secondary N) is 1. The van der Waals surface area contributed by atoms with Crippen molar-refractivity contribution in [3.05, 3.63) is 35.0 Å². The van der Waals surface area contributed by atoms with Crippen LogP contribution in [0, 0.1) is 0 Å². The van der Waals surface area contributed by atoms with Crippen LogP contribution < -0.4 is 5.32 Å². The zero-order valence-corrected chi connectivity index (χ0v) is 13.5. The van der Waals surface area contributed by atoms with E-state index >= 15 is 0 Å². The monoisotopic (exact) mass is 321 g/mol. The SMILES string of the molecule is CCNC(C)Cc1ccc(-c2c(Cl)ccc3nsnc23)o1. The van der Waals surface area contributed by atoms with Crippen LogP contribution in [0.3, 0.4) is 0 Å². The predicted molar refractivity (Wildman–Crippen MR) is 87.0 cm³/mol. The fourth-order valence-corrected chi connectivity index (χ4v) is 3.19. The highest BCUT2D eigenvalue weighted by molar-refractivity contribution is 7.00. The molecule has 0 aliphatic rings. The summed E-state index contributed by atoms with van der Waals surface area (Å²) in [5.41, 5.74) is 2.47. The Bertz CT molecular complexity index is 752. The van der Waals surface area contributed by atoms with E-state index in [4.69, 9.17) is 16.0 Å². The smallest absolute Gasteiger partial charge is 0.138 e. The summed E-state index contributed by atoms with van der Waals surface area (Å²) in [5, 5.41) is 4.01. The average Bonchev–Trinajstić information content (AvgIpc) is 3.08. The quantitative estimate of drug-likeness (QED) is 0.767. The fraction of sp³-hybridized carbons (Fsp3) is 0.333. The van der Waals surface area contributed by atoms with Gasteiger partial charge in [0.25, 0.3) is 0 Å². The summed E-state index contributed by atoms with van der Waals surface area (Å²) in [6.07, 6.45) is 0.844. The molecule has 0 radical (unpaired) electrons. The molecule has 3 aromatic rings. The molecule has 0 spiro atoms. The normalized spacial score (nSPS) is 12.9. The maximum absolute atomic E-state index is 6.32. The molecule has 0 aliphatic carbocycles. The van der Waals surface area contributed by atoms with Crippen LogP contribution in [0.4, 0.5) is 0 Å². The molecule has 2 heterocycles. The number of hydrogen-bond donors (Lipinski definition) is 1. The predicted octanol–water partition coefficient (Wildman–Crippen LogP) is 4.15. The first-order valence-corrected chi connectivity index (χ1v) is 8.03. The van der Waals surface area contributed by atoms with Crippen LogP contribution >= 0.6 is 23.3 Å². The van der Waals surface area contributed by atoms with E-state index in [1.165, 1.54) is 11.7 Å². The van der Waals surface area contributed by atoms with Gasteiger partial charge in [0.1, 0.15) is 22.6 Å². The van der Waals surface area contributed by atoms with E-state index in [9.17, 15) is 0 Å². The van der Waals surface area contributed by atoms with Crippen molar-refractivity contribution < 1.29 is 4.42 Å². The lowest BCUT2D eigenvalue weighted by Crippen LogP contribution is -2.27. The molecular weight excluding hydrogens is 306 g/mol. The first-order chi connectivity index (χ1) is 10.2. The third kappa shape index (κ3) is 2.95. The first kappa shape index (κ1) is 14.5. The summed E-state index contributed by atoms with van der Waals surface area (Å²) >= 11 is 7.51. The van der Waals surface area contributed by atoms with E-state index in [0.717, 1.165) is 41.1 Å². The molecule has 4 nitrogen and oxygen atoms in total. The van der Waals surface area contributed by atoms with Crippen molar-refractivity contribution in [3.63, 3.8) is 0 Å². The molecule has 0 saturated heterocycles. The number of likely N-dealkylation sites (N-methyl/N-ethyl adjacent to an activating group) is 1. The summed E-state index contributed by atoms with van der Waals surface area (Å²) in [6, 6.07) is 8.04. The van der Waals surface area contributed by atoms with Gasteiger partial charge in [0.15, 0.2) is 0 Å². The van der Waals surface area contributed by atoms with Crippen molar-refractivity contribution in [2.45, 2.75) is 26.3 Å². The van der Waals surface area contributed by atoms with Crippen molar-refractivity contribution in [1.29, 1.82) is 0 Å². The molecule has 6 heteroatoms. The van der Waals surface area contributed by atoms with Crippen molar-refractivity contribution >= 4 is 34.4 Å². The number of aromatic nitrogens is 2. The number of halogens is 1. The Hall–Kier alpha value is -1.43. The van der Waals surface area contributed by atoms with Gasteiger partial charge in [-0.3, -0.25) is 0 Å². The van der Waals surface area contributed by atoms with Gasteiger partial charge in [-0.25, -0.2) is 0 Å². The largest absolute Gasteiger partial charge is 0.461 e. The van der Waals surface area contributed by atoms with Gasteiger partial charge >= 0.3 is 0 Å². The average molecular weight is 322 g/mol. The third-order valence-corrected chi connectivity index (χ3v) is 4.20. The summed E-state index contributed by atoms with van der Waals surface area (Å²) in [7, 11) is 0. The standard InChI is InChI=1S/C15H16ClN3OS/c1-3-17-9(2)8-10-4-7-13(20-10)14-11(16)5-6-12-15(14)19-21-18-12/h4-7,9,17H,3,8H2,1-2H3. The molecule has 1 atom stereocenters. The van der Waals surface area contributed by atoms with E-state index < -0.39 is 0 Å². The van der Waals surface area contributed by atoms with E-state index in [2.05, 4.69) is 27.9 Å². The molecule has 2 aromatic heterocycles.